The Morgan fingerprint density at radius 2 is 2.28 bits per heavy atom. The summed E-state index contributed by atoms with van der Waals surface area (Å²) < 4.78 is 11.2. The highest BCUT2D eigenvalue weighted by molar-refractivity contribution is 5.26. The second-order valence-electron chi connectivity index (χ2n) is 4.59. The molecular weight excluding hydrogens is 236 g/mol. The van der Waals surface area contributed by atoms with Crippen LogP contribution in [-0.4, -0.2) is 54.3 Å². The summed E-state index contributed by atoms with van der Waals surface area (Å²) in [6.07, 6.45) is -0.168. The van der Waals surface area contributed by atoms with Gasteiger partial charge in [0, 0.05) is 6.54 Å². The van der Waals surface area contributed by atoms with Crippen molar-refractivity contribution >= 4 is 6.01 Å². The van der Waals surface area contributed by atoms with Gasteiger partial charge in [-0.1, -0.05) is 5.10 Å². The molecule has 0 amide bonds. The van der Waals surface area contributed by atoms with Gasteiger partial charge in [-0.15, -0.1) is 5.10 Å². The Kier molecular flexibility index (Phi) is 4.15. The topological polar surface area (TPSA) is 83.7 Å². The van der Waals surface area contributed by atoms with Crippen molar-refractivity contribution in [3.63, 3.8) is 0 Å². The van der Waals surface area contributed by atoms with Crippen LogP contribution < -0.4 is 10.2 Å². The van der Waals surface area contributed by atoms with Crippen molar-refractivity contribution in [3.05, 3.63) is 5.89 Å². The van der Waals surface area contributed by atoms with Gasteiger partial charge in [-0.25, -0.2) is 0 Å². The lowest BCUT2D eigenvalue weighted by molar-refractivity contribution is -0.0433. The van der Waals surface area contributed by atoms with Crippen LogP contribution in [0.15, 0.2) is 4.42 Å². The average Bonchev–Trinajstić information content (AvgIpc) is 2.86. The molecule has 3 unspecified atom stereocenters. The number of aliphatic hydroxyl groups is 1. The minimum atomic E-state index is -0.203. The predicted molar refractivity (Wildman–Crippen MR) is 65.4 cm³/mol. The molecule has 102 valence electrons. The minimum Gasteiger partial charge on any atom is -0.406 e. The standard InChI is InChI=1S/C11H20N4O3/c1-7-4-15(5-9(6-16)17-7)11-14-13-10(18-11)8(2)12-3/h7-9,12,16H,4-6H2,1-3H3. The number of hydrogen-bond acceptors (Lipinski definition) is 7. The van der Waals surface area contributed by atoms with E-state index in [9.17, 15) is 5.11 Å². The number of ether oxygens (including phenoxy) is 1. The zero-order valence-corrected chi connectivity index (χ0v) is 11.0. The maximum absolute atomic E-state index is 9.18. The zero-order chi connectivity index (χ0) is 13.1. The van der Waals surface area contributed by atoms with E-state index in [1.165, 1.54) is 0 Å². The summed E-state index contributed by atoms with van der Waals surface area (Å²) in [7, 11) is 1.84. The number of hydrogen-bond donors (Lipinski definition) is 2. The van der Waals surface area contributed by atoms with E-state index < -0.39 is 0 Å². The second-order valence-corrected chi connectivity index (χ2v) is 4.59. The molecule has 0 spiro atoms. The van der Waals surface area contributed by atoms with Crippen LogP contribution in [0, 0.1) is 0 Å². The van der Waals surface area contributed by atoms with Crippen molar-refractivity contribution in [2.75, 3.05) is 31.6 Å². The highest BCUT2D eigenvalue weighted by atomic mass is 16.5. The van der Waals surface area contributed by atoms with E-state index >= 15 is 0 Å². The van der Waals surface area contributed by atoms with Crippen LogP contribution in [0.4, 0.5) is 6.01 Å². The number of aliphatic hydroxyl groups excluding tert-OH is 1. The van der Waals surface area contributed by atoms with Crippen molar-refractivity contribution in [3.8, 4) is 0 Å². The summed E-state index contributed by atoms with van der Waals surface area (Å²) in [6, 6.07) is 0.513. The van der Waals surface area contributed by atoms with E-state index in [4.69, 9.17) is 9.15 Å². The average molecular weight is 256 g/mol. The van der Waals surface area contributed by atoms with Crippen LogP contribution in [0.3, 0.4) is 0 Å². The molecule has 0 saturated carbocycles. The molecule has 7 heteroatoms. The van der Waals surface area contributed by atoms with E-state index in [0.717, 1.165) is 0 Å². The molecule has 0 radical (unpaired) electrons. The van der Waals surface area contributed by atoms with E-state index in [2.05, 4.69) is 15.5 Å². The molecule has 18 heavy (non-hydrogen) atoms. The third-order valence-corrected chi connectivity index (χ3v) is 3.03. The lowest BCUT2D eigenvalue weighted by Gasteiger charge is -2.34. The van der Waals surface area contributed by atoms with Crippen molar-refractivity contribution in [2.24, 2.45) is 0 Å². The van der Waals surface area contributed by atoms with Crippen LogP contribution in [0.1, 0.15) is 25.8 Å². The number of nitrogens with zero attached hydrogens (tertiary/aromatic N) is 3. The fraction of sp³-hybridized carbons (Fsp3) is 0.818. The predicted octanol–water partition coefficient (Wildman–Crippen LogP) is -0.0640. The number of rotatable bonds is 4. The van der Waals surface area contributed by atoms with Crippen molar-refractivity contribution in [1.82, 2.24) is 15.5 Å². The summed E-state index contributed by atoms with van der Waals surface area (Å²) in [5.41, 5.74) is 0. The first-order chi connectivity index (χ1) is 8.63. The van der Waals surface area contributed by atoms with Crippen molar-refractivity contribution in [1.29, 1.82) is 0 Å². The highest BCUT2D eigenvalue weighted by Gasteiger charge is 2.28. The Labute approximate surface area is 106 Å². The number of aromatic nitrogens is 2. The summed E-state index contributed by atoms with van der Waals surface area (Å²) in [6.45, 7) is 5.16. The number of nitrogens with one attached hydrogen (secondary N) is 1. The molecule has 2 N–H and O–H groups in total. The maximum Gasteiger partial charge on any atom is 0.318 e. The van der Waals surface area contributed by atoms with Gasteiger partial charge in [0.2, 0.25) is 5.89 Å². The van der Waals surface area contributed by atoms with Crippen LogP contribution >= 0.6 is 0 Å². The third-order valence-electron chi connectivity index (χ3n) is 3.03. The Balaban J connectivity index is 2.08. The smallest absolute Gasteiger partial charge is 0.318 e. The molecule has 2 heterocycles. The van der Waals surface area contributed by atoms with E-state index in [1.807, 2.05) is 25.8 Å². The molecule has 3 atom stereocenters. The molecule has 1 fully saturated rings. The quantitative estimate of drug-likeness (QED) is 0.780. The van der Waals surface area contributed by atoms with Crippen molar-refractivity contribution in [2.45, 2.75) is 32.1 Å². The monoisotopic (exact) mass is 256 g/mol. The Morgan fingerprint density at radius 3 is 2.94 bits per heavy atom. The zero-order valence-electron chi connectivity index (χ0n) is 11.0. The lowest BCUT2D eigenvalue weighted by atomic mass is 10.2. The first kappa shape index (κ1) is 13.3. The van der Waals surface area contributed by atoms with Gasteiger partial charge in [0.05, 0.1) is 31.4 Å². The first-order valence-corrected chi connectivity index (χ1v) is 6.16. The van der Waals surface area contributed by atoms with Crippen molar-refractivity contribution < 1.29 is 14.3 Å². The molecule has 1 aromatic rings. The Morgan fingerprint density at radius 1 is 1.50 bits per heavy atom. The first-order valence-electron chi connectivity index (χ1n) is 6.16. The van der Waals surface area contributed by atoms with Crippen LogP contribution in [0.2, 0.25) is 0 Å². The van der Waals surface area contributed by atoms with E-state index in [0.29, 0.717) is 25.0 Å². The molecule has 1 saturated heterocycles. The minimum absolute atomic E-state index is 0.00521. The van der Waals surface area contributed by atoms with Gasteiger partial charge >= 0.3 is 6.01 Å². The third kappa shape index (κ3) is 2.80. The summed E-state index contributed by atoms with van der Waals surface area (Å²) >= 11 is 0. The molecular formula is C11H20N4O3. The molecule has 0 aliphatic carbocycles. The van der Waals surface area contributed by atoms with E-state index in [1.54, 1.807) is 0 Å². The Bertz CT molecular complexity index is 384. The normalized spacial score (nSPS) is 26.3. The highest BCUT2D eigenvalue weighted by Crippen LogP contribution is 2.21. The van der Waals surface area contributed by atoms with Gasteiger partial charge < -0.3 is 24.5 Å². The molecule has 0 aromatic carbocycles. The fourth-order valence-electron chi connectivity index (χ4n) is 1.95. The van der Waals surface area contributed by atoms with Gasteiger partial charge in [0.15, 0.2) is 0 Å². The SMILES string of the molecule is CNC(C)c1nnc(N2CC(C)OC(CO)C2)o1. The van der Waals surface area contributed by atoms with Crippen LogP contribution in [0.25, 0.3) is 0 Å². The Hall–Kier alpha value is -1.18. The molecule has 1 aliphatic rings. The van der Waals surface area contributed by atoms with Gasteiger partial charge in [-0.3, -0.25) is 0 Å². The maximum atomic E-state index is 9.18. The summed E-state index contributed by atoms with van der Waals surface area (Å²) in [4.78, 5) is 1.95. The summed E-state index contributed by atoms with van der Waals surface area (Å²) in [5.74, 6) is 0.562. The van der Waals surface area contributed by atoms with Gasteiger partial charge in [0.25, 0.3) is 0 Å². The van der Waals surface area contributed by atoms with Gasteiger partial charge in [0.1, 0.15) is 0 Å². The molecule has 7 nitrogen and oxygen atoms in total. The van der Waals surface area contributed by atoms with E-state index in [-0.39, 0.29) is 24.9 Å². The second kappa shape index (κ2) is 5.64. The molecule has 0 bridgehead atoms. The summed E-state index contributed by atoms with van der Waals surface area (Å²) in [5, 5.41) is 20.3. The fourth-order valence-corrected chi connectivity index (χ4v) is 1.95. The molecule has 2 rings (SSSR count). The van der Waals surface area contributed by atoms with Crippen LogP contribution in [0.5, 0.6) is 0 Å². The molecule has 1 aliphatic heterocycles. The van der Waals surface area contributed by atoms with Gasteiger partial charge in [-0.2, -0.15) is 0 Å². The lowest BCUT2D eigenvalue weighted by Crippen LogP contribution is -2.48. The number of anilines is 1. The number of morpholine rings is 1. The van der Waals surface area contributed by atoms with Crippen LogP contribution in [-0.2, 0) is 4.74 Å². The van der Waals surface area contributed by atoms with Gasteiger partial charge in [-0.05, 0) is 20.9 Å². The molecule has 1 aromatic heterocycles. The largest absolute Gasteiger partial charge is 0.406 e.